The van der Waals surface area contributed by atoms with E-state index >= 15 is 0 Å². The number of anilines is 1. The van der Waals surface area contributed by atoms with Crippen LogP contribution in [0.3, 0.4) is 0 Å². The molecule has 1 aromatic carbocycles. The van der Waals surface area contributed by atoms with Gasteiger partial charge in [0, 0.05) is 28.9 Å². The van der Waals surface area contributed by atoms with Crippen LogP contribution in [0, 0.1) is 21.4 Å². The molecule has 0 saturated heterocycles. The summed E-state index contributed by atoms with van der Waals surface area (Å²) in [6, 6.07) is 7.93. The number of nitrogens with zero attached hydrogens (tertiary/aromatic N) is 2. The number of nitro benzene ring substituents is 1. The molecule has 0 aliphatic rings. The molecule has 0 bridgehead atoms. The van der Waals surface area contributed by atoms with Gasteiger partial charge in [-0.2, -0.15) is 5.26 Å². The van der Waals surface area contributed by atoms with Gasteiger partial charge in [0.05, 0.1) is 21.2 Å². The van der Waals surface area contributed by atoms with E-state index in [1.807, 2.05) is 17.5 Å². The minimum Gasteiger partial charge on any atom is -0.379 e. The highest BCUT2D eigenvalue weighted by atomic mass is 35.5. The van der Waals surface area contributed by atoms with E-state index < -0.39 is 4.92 Å². The highest BCUT2D eigenvalue weighted by Crippen LogP contribution is 2.24. The van der Waals surface area contributed by atoms with Crippen molar-refractivity contribution in [3.63, 3.8) is 0 Å². The first-order valence-electron chi connectivity index (χ1n) is 5.25. The molecule has 0 aliphatic carbocycles. The van der Waals surface area contributed by atoms with Gasteiger partial charge < -0.3 is 5.32 Å². The van der Waals surface area contributed by atoms with Crippen LogP contribution in [-0.2, 0) is 6.54 Å². The molecule has 0 aliphatic heterocycles. The van der Waals surface area contributed by atoms with Crippen molar-refractivity contribution in [2.45, 2.75) is 6.54 Å². The fourth-order valence-electron chi connectivity index (χ4n) is 1.52. The van der Waals surface area contributed by atoms with E-state index in [1.54, 1.807) is 0 Å². The zero-order chi connectivity index (χ0) is 13.8. The number of hydrogen-bond acceptors (Lipinski definition) is 5. The van der Waals surface area contributed by atoms with Crippen LogP contribution >= 0.6 is 22.9 Å². The van der Waals surface area contributed by atoms with E-state index in [-0.39, 0.29) is 11.3 Å². The molecular weight excluding hydrogens is 286 g/mol. The Morgan fingerprint density at radius 1 is 1.47 bits per heavy atom. The number of nitro groups is 1. The Morgan fingerprint density at radius 3 is 2.84 bits per heavy atom. The van der Waals surface area contributed by atoms with Gasteiger partial charge >= 0.3 is 0 Å². The summed E-state index contributed by atoms with van der Waals surface area (Å²) in [6.07, 6.45) is 0. The van der Waals surface area contributed by atoms with Crippen LogP contribution in [0.1, 0.15) is 10.4 Å². The third-order valence-electron chi connectivity index (χ3n) is 2.41. The van der Waals surface area contributed by atoms with Gasteiger partial charge in [0.2, 0.25) is 0 Å². The summed E-state index contributed by atoms with van der Waals surface area (Å²) in [5, 5.41) is 25.2. The Labute approximate surface area is 118 Å². The Kier molecular flexibility index (Phi) is 4.00. The summed E-state index contributed by atoms with van der Waals surface area (Å²) >= 11 is 7.32. The predicted octanol–water partition coefficient (Wildman–Crippen LogP) is 3.79. The molecule has 1 heterocycles. The van der Waals surface area contributed by atoms with Crippen molar-refractivity contribution in [3.05, 3.63) is 55.2 Å². The lowest BCUT2D eigenvalue weighted by Crippen LogP contribution is -2.00. The number of nitriles is 1. The zero-order valence-electron chi connectivity index (χ0n) is 9.59. The van der Waals surface area contributed by atoms with E-state index in [0.29, 0.717) is 17.3 Å². The number of nitrogens with one attached hydrogen (secondary N) is 1. The number of non-ortho nitro benzene ring substituents is 1. The van der Waals surface area contributed by atoms with Gasteiger partial charge in [-0.05, 0) is 12.1 Å². The number of benzene rings is 1. The second kappa shape index (κ2) is 5.69. The largest absolute Gasteiger partial charge is 0.379 e. The molecule has 0 fully saturated rings. The van der Waals surface area contributed by atoms with Crippen LogP contribution in [0.4, 0.5) is 11.4 Å². The van der Waals surface area contributed by atoms with Crippen molar-refractivity contribution < 1.29 is 4.92 Å². The molecule has 2 rings (SSSR count). The second-order valence-electron chi connectivity index (χ2n) is 3.68. The van der Waals surface area contributed by atoms with Crippen molar-refractivity contribution in [3.8, 4) is 6.07 Å². The average Bonchev–Trinajstić information content (AvgIpc) is 2.81. The molecule has 0 unspecified atom stereocenters. The van der Waals surface area contributed by atoms with Crippen LogP contribution in [-0.4, -0.2) is 4.92 Å². The van der Waals surface area contributed by atoms with Crippen molar-refractivity contribution in [1.29, 1.82) is 5.26 Å². The third kappa shape index (κ3) is 3.22. The molecule has 0 spiro atoms. The average molecular weight is 294 g/mol. The fraction of sp³-hybridized carbons (Fsp3) is 0.0833. The molecule has 7 heteroatoms. The molecule has 0 radical (unpaired) electrons. The van der Waals surface area contributed by atoms with Crippen LogP contribution in [0.2, 0.25) is 5.02 Å². The Balaban J connectivity index is 2.16. The number of hydrogen-bond donors (Lipinski definition) is 1. The van der Waals surface area contributed by atoms with Crippen molar-refractivity contribution >= 4 is 34.3 Å². The maximum atomic E-state index is 10.6. The molecule has 96 valence electrons. The number of rotatable bonds is 4. The maximum absolute atomic E-state index is 10.6. The first kappa shape index (κ1) is 13.3. The van der Waals surface area contributed by atoms with Crippen LogP contribution < -0.4 is 5.32 Å². The lowest BCUT2D eigenvalue weighted by atomic mass is 10.1. The molecular formula is C12H8ClN3O2S. The summed E-state index contributed by atoms with van der Waals surface area (Å²) in [5.74, 6) is 0. The first-order chi connectivity index (χ1) is 9.10. The van der Waals surface area contributed by atoms with E-state index in [1.165, 1.54) is 29.5 Å². The highest BCUT2D eigenvalue weighted by Gasteiger charge is 2.10. The highest BCUT2D eigenvalue weighted by molar-refractivity contribution is 7.10. The van der Waals surface area contributed by atoms with Gasteiger partial charge in [-0.25, -0.2) is 0 Å². The molecule has 0 amide bonds. The maximum Gasteiger partial charge on any atom is 0.270 e. The Hall–Kier alpha value is -2.10. The summed E-state index contributed by atoms with van der Waals surface area (Å²) in [7, 11) is 0. The zero-order valence-corrected chi connectivity index (χ0v) is 11.2. The second-order valence-corrected chi connectivity index (χ2v) is 5.12. The minimum absolute atomic E-state index is 0.0960. The van der Waals surface area contributed by atoms with E-state index in [4.69, 9.17) is 16.9 Å². The molecule has 0 atom stereocenters. The van der Waals surface area contributed by atoms with Crippen LogP contribution in [0.5, 0.6) is 0 Å². The van der Waals surface area contributed by atoms with Gasteiger partial charge in [0.1, 0.15) is 6.07 Å². The standard InChI is InChI=1S/C12H8ClN3O2S/c13-9-4-11(19-7-9)6-15-12-2-1-10(16(17)18)3-8(12)5-14/h1-4,7,15H,6H2. The van der Waals surface area contributed by atoms with Gasteiger partial charge in [-0.3, -0.25) is 10.1 Å². The molecule has 5 nitrogen and oxygen atoms in total. The SMILES string of the molecule is N#Cc1cc([N+](=O)[O-])ccc1NCc1cc(Cl)cs1. The molecule has 0 saturated carbocycles. The summed E-state index contributed by atoms with van der Waals surface area (Å²) in [4.78, 5) is 11.1. The molecule has 1 N–H and O–H groups in total. The quantitative estimate of drug-likeness (QED) is 0.687. The van der Waals surface area contributed by atoms with E-state index in [2.05, 4.69) is 5.32 Å². The number of halogens is 1. The molecule has 1 aromatic heterocycles. The number of thiophene rings is 1. The minimum atomic E-state index is -0.524. The van der Waals surface area contributed by atoms with Crippen molar-refractivity contribution in [2.24, 2.45) is 0 Å². The summed E-state index contributed by atoms with van der Waals surface area (Å²) in [6.45, 7) is 0.518. The topological polar surface area (TPSA) is 79.0 Å². The van der Waals surface area contributed by atoms with Gasteiger partial charge in [-0.1, -0.05) is 11.6 Å². The lowest BCUT2D eigenvalue weighted by molar-refractivity contribution is -0.384. The fourth-order valence-corrected chi connectivity index (χ4v) is 2.53. The van der Waals surface area contributed by atoms with Crippen molar-refractivity contribution in [2.75, 3.05) is 5.32 Å². The first-order valence-corrected chi connectivity index (χ1v) is 6.51. The smallest absolute Gasteiger partial charge is 0.270 e. The molecule has 2 aromatic rings. The Morgan fingerprint density at radius 2 is 2.26 bits per heavy atom. The summed E-state index contributed by atoms with van der Waals surface area (Å²) < 4.78 is 0. The Bertz CT molecular complexity index is 663. The normalized spacial score (nSPS) is 9.89. The third-order valence-corrected chi connectivity index (χ3v) is 3.69. The van der Waals surface area contributed by atoms with Gasteiger partial charge in [-0.15, -0.1) is 11.3 Å². The van der Waals surface area contributed by atoms with Crippen LogP contribution in [0.25, 0.3) is 0 Å². The van der Waals surface area contributed by atoms with E-state index in [9.17, 15) is 10.1 Å². The van der Waals surface area contributed by atoms with Gasteiger partial charge in [0.25, 0.3) is 5.69 Å². The summed E-state index contributed by atoms with van der Waals surface area (Å²) in [5.41, 5.74) is 0.718. The predicted molar refractivity (Wildman–Crippen MR) is 74.5 cm³/mol. The van der Waals surface area contributed by atoms with Crippen LogP contribution in [0.15, 0.2) is 29.6 Å². The monoisotopic (exact) mass is 293 g/mol. The lowest BCUT2D eigenvalue weighted by Gasteiger charge is -2.06. The molecule has 19 heavy (non-hydrogen) atoms. The van der Waals surface area contributed by atoms with E-state index in [0.717, 1.165) is 4.88 Å². The van der Waals surface area contributed by atoms with Gasteiger partial charge in [0.15, 0.2) is 0 Å². The van der Waals surface area contributed by atoms with Crippen molar-refractivity contribution in [1.82, 2.24) is 0 Å².